The molecule has 6 nitrogen and oxygen atoms in total. The molecule has 0 radical (unpaired) electrons. The Kier molecular flexibility index (Phi) is 5.33. The molecule has 1 aliphatic heterocycles. The van der Waals surface area contributed by atoms with Crippen LogP contribution in [-0.2, 0) is 10.0 Å². The minimum absolute atomic E-state index is 0.0874. The van der Waals surface area contributed by atoms with Gasteiger partial charge in [-0.1, -0.05) is 40.9 Å². The molecule has 0 aliphatic carbocycles. The van der Waals surface area contributed by atoms with E-state index in [1.807, 2.05) is 31.2 Å². The molecule has 0 bridgehead atoms. The van der Waals surface area contributed by atoms with Crippen LogP contribution >= 0.6 is 23.2 Å². The van der Waals surface area contributed by atoms with Gasteiger partial charge in [0.1, 0.15) is 10.6 Å². The minimum Gasteiger partial charge on any atom is -0.351 e. The zero-order chi connectivity index (χ0) is 20.8. The molecule has 2 aromatic carbocycles. The summed E-state index contributed by atoms with van der Waals surface area (Å²) in [5.74, 6) is -0.147. The lowest BCUT2D eigenvalue weighted by Crippen LogP contribution is -2.50. The number of aromatic nitrogens is 1. The first kappa shape index (κ1) is 20.2. The number of halogens is 2. The second-order valence-electron chi connectivity index (χ2n) is 7.02. The van der Waals surface area contributed by atoms with Gasteiger partial charge in [-0.15, -0.1) is 0 Å². The van der Waals surface area contributed by atoms with Crippen LogP contribution in [0.3, 0.4) is 0 Å². The number of nitrogens with zero attached hydrogens (tertiary/aromatic N) is 2. The fourth-order valence-corrected chi connectivity index (χ4v) is 6.04. The second-order valence-corrected chi connectivity index (χ2v) is 9.71. The van der Waals surface area contributed by atoms with Crippen LogP contribution < -0.4 is 0 Å². The van der Waals surface area contributed by atoms with Gasteiger partial charge in [-0.3, -0.25) is 4.79 Å². The van der Waals surface area contributed by atoms with Crippen LogP contribution in [0.4, 0.5) is 0 Å². The number of rotatable bonds is 3. The SMILES string of the molecule is Cc1ccc2[nH]c(C(=O)N3CCN(S(=O)(=O)c4c(Cl)cccc4Cl)CC3)cc2c1. The zero-order valence-corrected chi connectivity index (χ0v) is 18.0. The van der Waals surface area contributed by atoms with Gasteiger partial charge in [-0.2, -0.15) is 4.31 Å². The maximum Gasteiger partial charge on any atom is 0.270 e. The molecule has 0 spiro atoms. The van der Waals surface area contributed by atoms with Gasteiger partial charge >= 0.3 is 0 Å². The van der Waals surface area contributed by atoms with Crippen LogP contribution in [0.1, 0.15) is 16.1 Å². The number of aryl methyl sites for hydroxylation is 1. The molecule has 9 heteroatoms. The smallest absolute Gasteiger partial charge is 0.270 e. The molecular weight excluding hydrogens is 433 g/mol. The second kappa shape index (κ2) is 7.65. The lowest BCUT2D eigenvalue weighted by atomic mass is 10.2. The van der Waals surface area contributed by atoms with Crippen molar-refractivity contribution in [3.8, 4) is 0 Å². The van der Waals surface area contributed by atoms with Crippen LogP contribution in [0.5, 0.6) is 0 Å². The third kappa shape index (κ3) is 3.75. The number of hydrogen-bond donors (Lipinski definition) is 1. The Balaban J connectivity index is 1.50. The molecule has 2 heterocycles. The highest BCUT2D eigenvalue weighted by Crippen LogP contribution is 2.32. The van der Waals surface area contributed by atoms with Crippen molar-refractivity contribution in [2.24, 2.45) is 0 Å². The molecule has 0 atom stereocenters. The summed E-state index contributed by atoms with van der Waals surface area (Å²) in [6.07, 6.45) is 0. The zero-order valence-electron chi connectivity index (χ0n) is 15.7. The lowest BCUT2D eigenvalue weighted by molar-refractivity contribution is 0.0693. The molecule has 0 saturated carbocycles. The van der Waals surface area contributed by atoms with Crippen LogP contribution in [0.2, 0.25) is 10.0 Å². The summed E-state index contributed by atoms with van der Waals surface area (Å²) in [5, 5.41) is 1.15. The predicted octanol–water partition coefficient (Wildman–Crippen LogP) is 3.93. The summed E-state index contributed by atoms with van der Waals surface area (Å²) >= 11 is 12.2. The fraction of sp³-hybridized carbons (Fsp3) is 0.250. The number of benzene rings is 2. The summed E-state index contributed by atoms with van der Waals surface area (Å²) in [5.41, 5.74) is 2.51. The van der Waals surface area contributed by atoms with Crippen molar-refractivity contribution >= 4 is 50.0 Å². The number of carbonyl (C=O) groups is 1. The topological polar surface area (TPSA) is 73.5 Å². The Morgan fingerprint density at radius 2 is 1.66 bits per heavy atom. The Morgan fingerprint density at radius 1 is 1.00 bits per heavy atom. The number of piperazine rings is 1. The number of aromatic amines is 1. The highest BCUT2D eigenvalue weighted by atomic mass is 35.5. The normalized spacial score (nSPS) is 15.8. The van der Waals surface area contributed by atoms with E-state index in [2.05, 4.69) is 4.98 Å². The highest BCUT2D eigenvalue weighted by molar-refractivity contribution is 7.89. The summed E-state index contributed by atoms with van der Waals surface area (Å²) in [6, 6.07) is 12.4. The van der Waals surface area contributed by atoms with Crippen molar-refractivity contribution in [3.05, 3.63) is 63.8 Å². The Labute approximate surface area is 179 Å². The average molecular weight is 452 g/mol. The summed E-state index contributed by atoms with van der Waals surface area (Å²) in [7, 11) is -3.84. The Bertz CT molecular complexity index is 1180. The van der Waals surface area contributed by atoms with E-state index in [0.717, 1.165) is 16.5 Å². The van der Waals surface area contributed by atoms with Crippen molar-refractivity contribution in [1.29, 1.82) is 0 Å². The molecule has 1 amide bonds. The highest BCUT2D eigenvalue weighted by Gasteiger charge is 2.33. The van der Waals surface area contributed by atoms with E-state index < -0.39 is 10.0 Å². The number of carbonyl (C=O) groups excluding carboxylic acids is 1. The molecule has 29 heavy (non-hydrogen) atoms. The first-order valence-corrected chi connectivity index (χ1v) is 11.3. The first-order valence-electron chi connectivity index (χ1n) is 9.10. The summed E-state index contributed by atoms with van der Waals surface area (Å²) in [4.78, 5) is 17.6. The molecule has 0 unspecified atom stereocenters. The molecule has 1 N–H and O–H groups in total. The van der Waals surface area contributed by atoms with Gasteiger partial charge in [-0.25, -0.2) is 8.42 Å². The molecule has 3 aromatic rings. The minimum atomic E-state index is -3.84. The third-order valence-electron chi connectivity index (χ3n) is 5.05. The van der Waals surface area contributed by atoms with Crippen molar-refractivity contribution < 1.29 is 13.2 Å². The van der Waals surface area contributed by atoms with Gasteiger partial charge in [0.2, 0.25) is 10.0 Å². The largest absolute Gasteiger partial charge is 0.351 e. The Morgan fingerprint density at radius 3 is 2.31 bits per heavy atom. The number of nitrogens with one attached hydrogen (secondary N) is 1. The van der Waals surface area contributed by atoms with Gasteiger partial charge in [0, 0.05) is 37.1 Å². The van der Waals surface area contributed by atoms with Gasteiger partial charge in [-0.05, 0) is 37.3 Å². The van der Waals surface area contributed by atoms with Crippen LogP contribution in [-0.4, -0.2) is 54.7 Å². The quantitative estimate of drug-likeness (QED) is 0.655. The van der Waals surface area contributed by atoms with E-state index in [1.54, 1.807) is 11.0 Å². The standard InChI is InChI=1S/C20H19Cl2N3O3S/c1-13-5-6-17-14(11-13)12-18(23-17)20(26)24-7-9-25(10-8-24)29(27,28)19-15(21)3-2-4-16(19)22/h2-6,11-12,23H,7-10H2,1H3. The van der Waals surface area contributed by atoms with Crippen molar-refractivity contribution in [2.75, 3.05) is 26.2 Å². The molecule has 1 fully saturated rings. The average Bonchev–Trinajstić information content (AvgIpc) is 3.10. The Hall–Kier alpha value is -2.06. The molecule has 1 aromatic heterocycles. The van der Waals surface area contributed by atoms with E-state index in [4.69, 9.17) is 23.2 Å². The van der Waals surface area contributed by atoms with E-state index in [1.165, 1.54) is 16.4 Å². The molecule has 1 aliphatic rings. The molecule has 4 rings (SSSR count). The number of amides is 1. The fourth-order valence-electron chi connectivity index (χ4n) is 3.53. The van der Waals surface area contributed by atoms with Crippen LogP contribution in [0, 0.1) is 6.92 Å². The molecule has 152 valence electrons. The molecular formula is C20H19Cl2N3O3S. The van der Waals surface area contributed by atoms with E-state index in [-0.39, 0.29) is 47.0 Å². The summed E-state index contributed by atoms with van der Waals surface area (Å²) in [6.45, 7) is 2.92. The maximum atomic E-state index is 13.0. The third-order valence-corrected chi connectivity index (χ3v) is 7.90. The van der Waals surface area contributed by atoms with Crippen molar-refractivity contribution in [2.45, 2.75) is 11.8 Å². The number of fused-ring (bicyclic) bond motifs is 1. The van der Waals surface area contributed by atoms with Crippen LogP contribution in [0.15, 0.2) is 47.4 Å². The number of hydrogen-bond acceptors (Lipinski definition) is 3. The predicted molar refractivity (Wildman–Crippen MR) is 114 cm³/mol. The maximum absolute atomic E-state index is 13.0. The summed E-state index contributed by atoms with van der Waals surface area (Å²) < 4.78 is 27.3. The first-order chi connectivity index (χ1) is 13.8. The van der Waals surface area contributed by atoms with Gasteiger partial charge in [0.05, 0.1) is 10.0 Å². The number of H-pyrrole nitrogens is 1. The number of sulfonamides is 1. The lowest BCUT2D eigenvalue weighted by Gasteiger charge is -2.34. The van der Waals surface area contributed by atoms with E-state index in [0.29, 0.717) is 5.69 Å². The van der Waals surface area contributed by atoms with Gasteiger partial charge < -0.3 is 9.88 Å². The van der Waals surface area contributed by atoms with Crippen LogP contribution in [0.25, 0.3) is 10.9 Å². The van der Waals surface area contributed by atoms with Gasteiger partial charge in [0.15, 0.2) is 0 Å². The molecule has 1 saturated heterocycles. The monoisotopic (exact) mass is 451 g/mol. The van der Waals surface area contributed by atoms with Crippen molar-refractivity contribution in [1.82, 2.24) is 14.2 Å². The van der Waals surface area contributed by atoms with Crippen molar-refractivity contribution in [3.63, 3.8) is 0 Å². The van der Waals surface area contributed by atoms with Gasteiger partial charge in [0.25, 0.3) is 5.91 Å². The van der Waals surface area contributed by atoms with E-state index in [9.17, 15) is 13.2 Å². The van der Waals surface area contributed by atoms with E-state index >= 15 is 0 Å².